The first-order valence-electron chi connectivity index (χ1n) is 4.89. The molecular formula is C12H12O3. The lowest BCUT2D eigenvalue weighted by atomic mass is 9.91. The molecule has 0 fully saturated rings. The molecule has 3 nitrogen and oxygen atoms in total. The van der Waals surface area contributed by atoms with Crippen LogP contribution in [0.25, 0.3) is 0 Å². The van der Waals surface area contributed by atoms with Crippen molar-refractivity contribution in [2.24, 2.45) is 11.8 Å². The largest absolute Gasteiger partial charge is 0.469 e. The molecule has 0 amide bonds. The molecule has 2 aliphatic carbocycles. The Balaban J connectivity index is 2.23. The molecule has 0 saturated carbocycles. The first-order chi connectivity index (χ1) is 7.22. The van der Waals surface area contributed by atoms with Crippen LogP contribution in [0.4, 0.5) is 0 Å². The molecule has 0 heterocycles. The Kier molecular flexibility index (Phi) is 2.54. The third-order valence-electron chi connectivity index (χ3n) is 2.75. The molecule has 0 spiro atoms. The molecule has 0 aromatic heterocycles. The van der Waals surface area contributed by atoms with Gasteiger partial charge >= 0.3 is 5.97 Å². The number of carbonyl (C=O) groups is 2. The van der Waals surface area contributed by atoms with Gasteiger partial charge in [0.2, 0.25) is 0 Å². The standard InChI is InChI=1S/C12H12O3/c1-15-12(14)11-7-9(13)6-10(11)8-4-2-3-5-8/h2-6,8,11H,7H2,1H3. The van der Waals surface area contributed by atoms with Crippen molar-refractivity contribution in [2.45, 2.75) is 6.42 Å². The number of esters is 1. The van der Waals surface area contributed by atoms with E-state index in [2.05, 4.69) is 0 Å². The van der Waals surface area contributed by atoms with Gasteiger partial charge in [0, 0.05) is 12.3 Å². The molecule has 78 valence electrons. The Labute approximate surface area is 88.1 Å². The Morgan fingerprint density at radius 1 is 1.40 bits per heavy atom. The van der Waals surface area contributed by atoms with E-state index in [1.54, 1.807) is 6.08 Å². The van der Waals surface area contributed by atoms with Crippen LogP contribution < -0.4 is 0 Å². The van der Waals surface area contributed by atoms with Gasteiger partial charge in [-0.1, -0.05) is 24.3 Å². The van der Waals surface area contributed by atoms with Crippen molar-refractivity contribution >= 4 is 11.8 Å². The smallest absolute Gasteiger partial charge is 0.313 e. The zero-order chi connectivity index (χ0) is 10.8. The highest BCUT2D eigenvalue weighted by Crippen LogP contribution is 2.33. The summed E-state index contributed by atoms with van der Waals surface area (Å²) in [4.78, 5) is 22.8. The van der Waals surface area contributed by atoms with Gasteiger partial charge in [0.25, 0.3) is 0 Å². The predicted octanol–water partition coefficient (Wildman–Crippen LogP) is 1.42. The average molecular weight is 204 g/mol. The highest BCUT2D eigenvalue weighted by molar-refractivity contribution is 5.99. The zero-order valence-corrected chi connectivity index (χ0v) is 8.47. The van der Waals surface area contributed by atoms with Gasteiger partial charge in [-0.15, -0.1) is 0 Å². The molecular weight excluding hydrogens is 192 g/mol. The molecule has 1 unspecified atom stereocenters. The maximum atomic E-state index is 11.5. The molecule has 2 rings (SSSR count). The van der Waals surface area contributed by atoms with Crippen LogP contribution >= 0.6 is 0 Å². The number of methoxy groups -OCH3 is 1. The Bertz CT molecular complexity index is 376. The van der Waals surface area contributed by atoms with Crippen molar-refractivity contribution in [1.82, 2.24) is 0 Å². The molecule has 3 heteroatoms. The van der Waals surface area contributed by atoms with Gasteiger partial charge in [0.15, 0.2) is 5.78 Å². The molecule has 0 saturated heterocycles. The quantitative estimate of drug-likeness (QED) is 0.639. The maximum absolute atomic E-state index is 11.5. The second-order valence-corrected chi connectivity index (χ2v) is 3.69. The molecule has 0 bridgehead atoms. The fraction of sp³-hybridized carbons (Fsp3) is 0.333. The summed E-state index contributed by atoms with van der Waals surface area (Å²) in [6, 6.07) is 0. The SMILES string of the molecule is COC(=O)C1CC(=O)C=C1C1C=CC=C1. The van der Waals surface area contributed by atoms with Crippen LogP contribution in [0.2, 0.25) is 0 Å². The van der Waals surface area contributed by atoms with Gasteiger partial charge in [0.1, 0.15) is 0 Å². The Morgan fingerprint density at radius 2 is 2.07 bits per heavy atom. The minimum absolute atomic E-state index is 0.00843. The lowest BCUT2D eigenvalue weighted by Crippen LogP contribution is -2.19. The topological polar surface area (TPSA) is 43.4 Å². The monoisotopic (exact) mass is 204 g/mol. The third-order valence-corrected chi connectivity index (χ3v) is 2.75. The van der Waals surface area contributed by atoms with E-state index in [4.69, 9.17) is 4.74 Å². The number of ketones is 1. The number of ether oxygens (including phenoxy) is 1. The molecule has 0 N–H and O–H groups in total. The summed E-state index contributed by atoms with van der Waals surface area (Å²) in [7, 11) is 1.35. The van der Waals surface area contributed by atoms with Gasteiger partial charge in [0.05, 0.1) is 13.0 Å². The van der Waals surface area contributed by atoms with Crippen LogP contribution in [-0.4, -0.2) is 18.9 Å². The van der Waals surface area contributed by atoms with Gasteiger partial charge in [-0.05, 0) is 11.6 Å². The first kappa shape index (κ1) is 9.90. The minimum Gasteiger partial charge on any atom is -0.469 e. The van der Waals surface area contributed by atoms with Crippen LogP contribution in [0.15, 0.2) is 36.0 Å². The minimum atomic E-state index is -0.389. The lowest BCUT2D eigenvalue weighted by Gasteiger charge is -2.14. The molecule has 2 aliphatic rings. The van der Waals surface area contributed by atoms with Crippen molar-refractivity contribution in [3.05, 3.63) is 36.0 Å². The summed E-state index contributed by atoms with van der Waals surface area (Å²) in [6.45, 7) is 0. The van der Waals surface area contributed by atoms with E-state index in [0.717, 1.165) is 5.57 Å². The van der Waals surface area contributed by atoms with Crippen molar-refractivity contribution in [3.63, 3.8) is 0 Å². The average Bonchev–Trinajstić information content (AvgIpc) is 2.84. The summed E-state index contributed by atoms with van der Waals surface area (Å²) < 4.78 is 4.69. The number of carbonyl (C=O) groups excluding carboxylic acids is 2. The first-order valence-corrected chi connectivity index (χ1v) is 4.89. The van der Waals surface area contributed by atoms with Gasteiger partial charge < -0.3 is 4.74 Å². The van der Waals surface area contributed by atoms with E-state index < -0.39 is 0 Å². The summed E-state index contributed by atoms with van der Waals surface area (Å²) in [5, 5.41) is 0. The van der Waals surface area contributed by atoms with Crippen LogP contribution in [0, 0.1) is 11.8 Å². The molecule has 0 aromatic rings. The molecule has 0 aromatic carbocycles. The fourth-order valence-corrected chi connectivity index (χ4v) is 2.01. The summed E-state index contributed by atoms with van der Waals surface area (Å²) >= 11 is 0. The zero-order valence-electron chi connectivity index (χ0n) is 8.47. The van der Waals surface area contributed by atoms with Crippen LogP contribution in [0.1, 0.15) is 6.42 Å². The van der Waals surface area contributed by atoms with Crippen LogP contribution in [0.3, 0.4) is 0 Å². The number of hydrogen-bond acceptors (Lipinski definition) is 3. The summed E-state index contributed by atoms with van der Waals surface area (Å²) in [5.74, 6) is -0.615. The highest BCUT2D eigenvalue weighted by atomic mass is 16.5. The van der Waals surface area contributed by atoms with E-state index in [1.165, 1.54) is 7.11 Å². The van der Waals surface area contributed by atoms with Crippen molar-refractivity contribution in [1.29, 1.82) is 0 Å². The van der Waals surface area contributed by atoms with E-state index in [0.29, 0.717) is 0 Å². The fourth-order valence-electron chi connectivity index (χ4n) is 2.01. The van der Waals surface area contributed by atoms with Crippen molar-refractivity contribution in [2.75, 3.05) is 7.11 Å². The Hall–Kier alpha value is -1.64. The van der Waals surface area contributed by atoms with Crippen molar-refractivity contribution in [3.8, 4) is 0 Å². The van der Waals surface area contributed by atoms with E-state index in [1.807, 2.05) is 24.3 Å². The van der Waals surface area contributed by atoms with Crippen LogP contribution in [0.5, 0.6) is 0 Å². The van der Waals surface area contributed by atoms with Gasteiger partial charge in [-0.25, -0.2) is 0 Å². The summed E-state index contributed by atoms with van der Waals surface area (Å²) in [5.41, 5.74) is 0.858. The van der Waals surface area contributed by atoms with E-state index in [-0.39, 0.29) is 30.0 Å². The van der Waals surface area contributed by atoms with Crippen molar-refractivity contribution < 1.29 is 14.3 Å². The van der Waals surface area contributed by atoms with E-state index in [9.17, 15) is 9.59 Å². The van der Waals surface area contributed by atoms with Crippen LogP contribution in [-0.2, 0) is 14.3 Å². The summed E-state index contributed by atoms with van der Waals surface area (Å²) in [6.07, 6.45) is 9.61. The third kappa shape index (κ3) is 1.77. The number of hydrogen-bond donors (Lipinski definition) is 0. The molecule has 0 aliphatic heterocycles. The second kappa shape index (κ2) is 3.85. The molecule has 0 radical (unpaired) electrons. The lowest BCUT2D eigenvalue weighted by molar-refractivity contribution is -0.144. The second-order valence-electron chi connectivity index (χ2n) is 3.69. The molecule has 15 heavy (non-hydrogen) atoms. The Morgan fingerprint density at radius 3 is 2.67 bits per heavy atom. The maximum Gasteiger partial charge on any atom is 0.313 e. The van der Waals surface area contributed by atoms with Gasteiger partial charge in [-0.2, -0.15) is 0 Å². The normalized spacial score (nSPS) is 24.7. The highest BCUT2D eigenvalue weighted by Gasteiger charge is 2.34. The van der Waals surface area contributed by atoms with E-state index >= 15 is 0 Å². The predicted molar refractivity (Wildman–Crippen MR) is 55.0 cm³/mol. The number of rotatable bonds is 2. The number of allylic oxidation sites excluding steroid dienone is 5. The van der Waals surface area contributed by atoms with Gasteiger partial charge in [-0.3, -0.25) is 9.59 Å². The molecule has 1 atom stereocenters.